The molecular weight excluding hydrogens is 172 g/mol. The van der Waals surface area contributed by atoms with Gasteiger partial charge in [-0.25, -0.2) is 4.57 Å². The standard InChI is InChI=1S/C12H16N2/c1-11-4-3-5-12(2,8-11)9-14-7-6-13-10-14/h3-7,10H,8-9H2,1-2H3/p+1. The Kier molecular flexibility index (Phi) is 2.28. The molecule has 0 bridgehead atoms. The molecule has 0 amide bonds. The minimum absolute atomic E-state index is 0.270. The highest BCUT2D eigenvalue weighted by atomic mass is 15.0. The molecule has 0 saturated carbocycles. The third-order valence-corrected chi connectivity index (χ3v) is 2.71. The fraction of sp³-hybridized carbons (Fsp3) is 0.417. The molecule has 2 rings (SSSR count). The first-order valence-electron chi connectivity index (χ1n) is 5.05. The number of hydrogen-bond acceptors (Lipinski definition) is 0. The second kappa shape index (κ2) is 3.45. The summed E-state index contributed by atoms with van der Waals surface area (Å²) in [5.74, 6) is 0. The molecule has 1 heterocycles. The SMILES string of the molecule is CC1=CC=CC(C)(C[n+]2cc[nH]c2)C1. The molecule has 0 aromatic carbocycles. The average Bonchev–Trinajstić information content (AvgIpc) is 2.55. The van der Waals surface area contributed by atoms with Crippen LogP contribution in [-0.4, -0.2) is 4.98 Å². The smallest absolute Gasteiger partial charge is 0.241 e. The molecule has 1 aromatic rings. The van der Waals surface area contributed by atoms with Gasteiger partial charge in [0, 0.05) is 5.41 Å². The predicted molar refractivity (Wildman–Crippen MR) is 56.6 cm³/mol. The van der Waals surface area contributed by atoms with Gasteiger partial charge in [-0.1, -0.05) is 30.7 Å². The average molecular weight is 189 g/mol. The molecule has 0 radical (unpaired) electrons. The maximum Gasteiger partial charge on any atom is 0.241 e. The van der Waals surface area contributed by atoms with Gasteiger partial charge in [0.1, 0.15) is 12.4 Å². The number of aromatic amines is 1. The topological polar surface area (TPSA) is 19.7 Å². The van der Waals surface area contributed by atoms with E-state index in [1.807, 2.05) is 12.5 Å². The monoisotopic (exact) mass is 189 g/mol. The van der Waals surface area contributed by atoms with Crippen molar-refractivity contribution in [3.8, 4) is 0 Å². The molecule has 1 unspecified atom stereocenters. The minimum Gasteiger partial charge on any atom is -0.250 e. The summed E-state index contributed by atoms with van der Waals surface area (Å²) < 4.78 is 2.20. The maximum absolute atomic E-state index is 3.07. The molecule has 0 saturated heterocycles. The first-order chi connectivity index (χ1) is 6.68. The van der Waals surface area contributed by atoms with E-state index in [1.54, 1.807) is 0 Å². The number of hydrogen-bond donors (Lipinski definition) is 1. The van der Waals surface area contributed by atoms with E-state index in [-0.39, 0.29) is 5.41 Å². The van der Waals surface area contributed by atoms with E-state index in [4.69, 9.17) is 0 Å². The Bertz CT molecular complexity index is 360. The molecule has 1 aliphatic rings. The summed E-state index contributed by atoms with van der Waals surface area (Å²) in [6, 6.07) is 0. The van der Waals surface area contributed by atoms with Crippen molar-refractivity contribution in [1.29, 1.82) is 0 Å². The van der Waals surface area contributed by atoms with Crippen molar-refractivity contribution in [3.63, 3.8) is 0 Å². The fourth-order valence-electron chi connectivity index (χ4n) is 2.14. The Morgan fingerprint density at radius 3 is 3.07 bits per heavy atom. The van der Waals surface area contributed by atoms with Gasteiger partial charge in [0.15, 0.2) is 0 Å². The molecule has 14 heavy (non-hydrogen) atoms. The van der Waals surface area contributed by atoms with Crippen LogP contribution in [0.25, 0.3) is 0 Å². The summed E-state index contributed by atoms with van der Waals surface area (Å²) >= 11 is 0. The second-order valence-electron chi connectivity index (χ2n) is 4.49. The lowest BCUT2D eigenvalue weighted by molar-refractivity contribution is -0.706. The zero-order valence-electron chi connectivity index (χ0n) is 8.83. The van der Waals surface area contributed by atoms with Crippen LogP contribution >= 0.6 is 0 Å². The van der Waals surface area contributed by atoms with Gasteiger partial charge in [0.2, 0.25) is 6.33 Å². The van der Waals surface area contributed by atoms with Crippen LogP contribution in [0.3, 0.4) is 0 Å². The van der Waals surface area contributed by atoms with Crippen molar-refractivity contribution in [2.45, 2.75) is 26.8 Å². The van der Waals surface area contributed by atoms with Crippen LogP contribution in [0.1, 0.15) is 20.3 Å². The van der Waals surface area contributed by atoms with E-state index in [9.17, 15) is 0 Å². The summed E-state index contributed by atoms with van der Waals surface area (Å²) in [4.78, 5) is 3.07. The van der Waals surface area contributed by atoms with Crippen LogP contribution in [0.15, 0.2) is 42.5 Å². The molecule has 1 N–H and O–H groups in total. The van der Waals surface area contributed by atoms with Crippen molar-refractivity contribution in [1.82, 2.24) is 4.98 Å². The first kappa shape index (κ1) is 9.25. The van der Waals surface area contributed by atoms with Gasteiger partial charge in [-0.15, -0.1) is 0 Å². The highest BCUT2D eigenvalue weighted by molar-refractivity contribution is 5.21. The third-order valence-electron chi connectivity index (χ3n) is 2.71. The predicted octanol–water partition coefficient (Wildman–Crippen LogP) is 2.21. The molecule has 1 aliphatic carbocycles. The van der Waals surface area contributed by atoms with E-state index >= 15 is 0 Å². The van der Waals surface area contributed by atoms with Gasteiger partial charge in [-0.3, -0.25) is 4.98 Å². The normalized spacial score (nSPS) is 26.3. The summed E-state index contributed by atoms with van der Waals surface area (Å²) in [6.07, 6.45) is 13.9. The Labute approximate surface area is 85.0 Å². The number of rotatable bonds is 2. The molecular formula is C12H17N2+. The van der Waals surface area contributed by atoms with Crippen LogP contribution in [0, 0.1) is 5.41 Å². The number of H-pyrrole nitrogens is 1. The van der Waals surface area contributed by atoms with Crippen LogP contribution < -0.4 is 4.57 Å². The van der Waals surface area contributed by atoms with Gasteiger partial charge in [0.25, 0.3) is 0 Å². The Morgan fingerprint density at radius 2 is 2.43 bits per heavy atom. The maximum atomic E-state index is 3.07. The van der Waals surface area contributed by atoms with Gasteiger partial charge in [0.05, 0.1) is 6.54 Å². The van der Waals surface area contributed by atoms with Crippen molar-refractivity contribution < 1.29 is 4.57 Å². The van der Waals surface area contributed by atoms with E-state index in [2.05, 4.69) is 47.8 Å². The molecule has 1 aromatic heterocycles. The molecule has 74 valence electrons. The lowest BCUT2D eigenvalue weighted by Crippen LogP contribution is -2.40. The van der Waals surface area contributed by atoms with E-state index in [1.165, 1.54) is 5.57 Å². The Hall–Kier alpha value is -1.31. The lowest BCUT2D eigenvalue weighted by Gasteiger charge is -2.26. The van der Waals surface area contributed by atoms with Crippen LogP contribution in [0.5, 0.6) is 0 Å². The van der Waals surface area contributed by atoms with Gasteiger partial charge in [-0.2, -0.15) is 0 Å². The highest BCUT2D eigenvalue weighted by Gasteiger charge is 2.25. The number of nitrogens with one attached hydrogen (secondary N) is 1. The highest BCUT2D eigenvalue weighted by Crippen LogP contribution is 2.30. The minimum atomic E-state index is 0.270. The van der Waals surface area contributed by atoms with E-state index in [0.29, 0.717) is 0 Å². The Balaban J connectivity index is 2.11. The summed E-state index contributed by atoms with van der Waals surface area (Å²) in [6.45, 7) is 5.54. The van der Waals surface area contributed by atoms with Crippen molar-refractivity contribution >= 4 is 0 Å². The van der Waals surface area contributed by atoms with Gasteiger partial charge >= 0.3 is 0 Å². The van der Waals surface area contributed by atoms with Crippen LogP contribution in [-0.2, 0) is 6.54 Å². The van der Waals surface area contributed by atoms with Crippen molar-refractivity contribution in [3.05, 3.63) is 42.5 Å². The number of imidazole rings is 1. The second-order valence-corrected chi connectivity index (χ2v) is 4.49. The molecule has 0 fully saturated rings. The van der Waals surface area contributed by atoms with E-state index < -0.39 is 0 Å². The molecule has 0 aliphatic heterocycles. The lowest BCUT2D eigenvalue weighted by atomic mass is 9.80. The number of nitrogens with zero attached hydrogens (tertiary/aromatic N) is 1. The molecule has 1 atom stereocenters. The zero-order chi connectivity index (χ0) is 10.0. The zero-order valence-corrected chi connectivity index (χ0v) is 8.83. The molecule has 0 spiro atoms. The quantitative estimate of drug-likeness (QED) is 0.688. The van der Waals surface area contributed by atoms with Gasteiger partial charge < -0.3 is 0 Å². The third kappa shape index (κ3) is 1.95. The van der Waals surface area contributed by atoms with Crippen LogP contribution in [0.2, 0.25) is 0 Å². The Morgan fingerprint density at radius 1 is 1.57 bits per heavy atom. The largest absolute Gasteiger partial charge is 0.250 e. The number of allylic oxidation sites excluding steroid dienone is 4. The first-order valence-corrected chi connectivity index (χ1v) is 5.05. The van der Waals surface area contributed by atoms with Gasteiger partial charge in [-0.05, 0) is 13.3 Å². The molecule has 2 nitrogen and oxygen atoms in total. The van der Waals surface area contributed by atoms with Crippen molar-refractivity contribution in [2.24, 2.45) is 5.41 Å². The van der Waals surface area contributed by atoms with Crippen LogP contribution in [0.4, 0.5) is 0 Å². The van der Waals surface area contributed by atoms with E-state index in [0.717, 1.165) is 13.0 Å². The summed E-state index contributed by atoms with van der Waals surface area (Å²) in [7, 11) is 0. The molecule has 2 heteroatoms. The number of aromatic nitrogens is 2. The summed E-state index contributed by atoms with van der Waals surface area (Å²) in [5, 5.41) is 0. The van der Waals surface area contributed by atoms with Crippen molar-refractivity contribution in [2.75, 3.05) is 0 Å². The summed E-state index contributed by atoms with van der Waals surface area (Å²) in [5.41, 5.74) is 1.73. The fourth-order valence-corrected chi connectivity index (χ4v) is 2.14.